The molecule has 7 nitrogen and oxygen atoms in total. The minimum absolute atomic E-state index is 0.0135. The zero-order valence-electron chi connectivity index (χ0n) is 21.1. The van der Waals surface area contributed by atoms with E-state index < -0.39 is 18.0 Å². The first-order valence-electron chi connectivity index (χ1n) is 11.9. The lowest BCUT2D eigenvalue weighted by atomic mass is 9.96. The number of pyridine rings is 1. The third kappa shape index (κ3) is 5.48. The van der Waals surface area contributed by atoms with Gasteiger partial charge in [0.05, 0.1) is 10.7 Å². The Hall–Kier alpha value is -3.69. The molecule has 0 bridgehead atoms. The zero-order valence-corrected chi connectivity index (χ0v) is 24.2. The van der Waals surface area contributed by atoms with Crippen LogP contribution >= 0.6 is 46.1 Å². The van der Waals surface area contributed by atoms with Crippen LogP contribution in [-0.4, -0.2) is 27.5 Å². The predicted octanol–water partition coefficient (Wildman–Crippen LogP) is 7.47. The molecule has 202 valence electrons. The van der Waals surface area contributed by atoms with Gasteiger partial charge in [-0.15, -0.1) is 11.3 Å². The number of thiazole rings is 1. The summed E-state index contributed by atoms with van der Waals surface area (Å²) < 4.78 is 6.81. The number of fused-ring (bicyclic) bond motifs is 1. The summed E-state index contributed by atoms with van der Waals surface area (Å²) >= 11 is 19.5. The van der Waals surface area contributed by atoms with Crippen molar-refractivity contribution < 1.29 is 14.3 Å². The number of aromatic nitrogens is 2. The third-order valence-electron chi connectivity index (χ3n) is 6.22. The largest absolute Gasteiger partial charge is 0.448 e. The van der Waals surface area contributed by atoms with Crippen molar-refractivity contribution >= 4 is 73.9 Å². The van der Waals surface area contributed by atoms with Crippen LogP contribution in [-0.2, 0) is 16.6 Å². The first-order valence-corrected chi connectivity index (χ1v) is 14.0. The van der Waals surface area contributed by atoms with E-state index in [4.69, 9.17) is 39.5 Å². The molecule has 0 saturated carbocycles. The molecule has 40 heavy (non-hydrogen) atoms. The summed E-state index contributed by atoms with van der Waals surface area (Å²) in [6, 6.07) is 18.9. The van der Waals surface area contributed by atoms with E-state index in [1.165, 1.54) is 29.9 Å². The van der Waals surface area contributed by atoms with Gasteiger partial charge in [0.1, 0.15) is 5.69 Å². The van der Waals surface area contributed by atoms with Gasteiger partial charge < -0.3 is 9.30 Å². The van der Waals surface area contributed by atoms with Crippen LogP contribution in [0.3, 0.4) is 0 Å². The van der Waals surface area contributed by atoms with E-state index in [0.717, 1.165) is 0 Å². The van der Waals surface area contributed by atoms with E-state index in [9.17, 15) is 14.4 Å². The Balaban J connectivity index is 1.42. The summed E-state index contributed by atoms with van der Waals surface area (Å²) in [5.41, 5.74) is 2.03. The number of hydrogen-bond donors (Lipinski definition) is 1. The third-order valence-corrected chi connectivity index (χ3v) is 7.78. The van der Waals surface area contributed by atoms with Crippen LogP contribution in [0.5, 0.6) is 0 Å². The molecule has 0 radical (unpaired) electrons. The second-order valence-corrected chi connectivity index (χ2v) is 11.0. The lowest BCUT2D eigenvalue weighted by Crippen LogP contribution is -2.32. The number of nitrogens with zero attached hydrogens (tertiary/aromatic N) is 2. The highest BCUT2D eigenvalue weighted by atomic mass is 35.5. The maximum Gasteiger partial charge on any atom is 0.356 e. The molecule has 11 heteroatoms. The predicted molar refractivity (Wildman–Crippen MR) is 161 cm³/mol. The van der Waals surface area contributed by atoms with E-state index in [0.29, 0.717) is 53.4 Å². The van der Waals surface area contributed by atoms with Gasteiger partial charge in [-0.05, 0) is 54.3 Å². The van der Waals surface area contributed by atoms with Crippen LogP contribution in [0.1, 0.15) is 17.4 Å². The molecule has 1 atom stereocenters. The van der Waals surface area contributed by atoms with E-state index in [2.05, 4.69) is 10.3 Å². The Bertz CT molecular complexity index is 1830. The monoisotopic (exact) mass is 611 g/mol. The van der Waals surface area contributed by atoms with Crippen LogP contribution in [0.15, 0.2) is 76.9 Å². The molecule has 1 amide bonds. The Morgan fingerprint density at radius 1 is 0.975 bits per heavy atom. The molecule has 0 aliphatic heterocycles. The molecule has 3 aromatic carbocycles. The van der Waals surface area contributed by atoms with Crippen molar-refractivity contribution in [3.8, 4) is 22.4 Å². The number of nitrogens with one attached hydrogen (secondary N) is 1. The first kappa shape index (κ1) is 27.9. The van der Waals surface area contributed by atoms with Gasteiger partial charge in [-0.25, -0.2) is 9.78 Å². The summed E-state index contributed by atoms with van der Waals surface area (Å²) in [5, 5.41) is 7.17. The Morgan fingerprint density at radius 3 is 2.35 bits per heavy atom. The first-order chi connectivity index (χ1) is 19.1. The lowest BCUT2D eigenvalue weighted by Gasteiger charge is -2.18. The number of esters is 1. The van der Waals surface area contributed by atoms with E-state index >= 15 is 0 Å². The molecular weight excluding hydrogens is 593 g/mol. The molecular formula is C29H20Cl3N3O4S. The molecule has 5 rings (SSSR count). The number of amides is 1. The second kappa shape index (κ2) is 11.4. The van der Waals surface area contributed by atoms with Gasteiger partial charge in [0.25, 0.3) is 11.5 Å². The lowest BCUT2D eigenvalue weighted by molar-refractivity contribution is -0.123. The van der Waals surface area contributed by atoms with Crippen molar-refractivity contribution in [1.29, 1.82) is 0 Å². The van der Waals surface area contributed by atoms with E-state index in [1.54, 1.807) is 72.1 Å². The second-order valence-electron chi connectivity index (χ2n) is 8.84. The molecule has 0 spiro atoms. The SMILES string of the molecule is CC(OC(=O)c1c(-c2ccc(Cl)cc2)c2ccccc2c(=O)n1C)C(=O)Nc1nc(-c2ccc(Cl)cc2Cl)cs1. The van der Waals surface area contributed by atoms with Crippen molar-refractivity contribution in [2.75, 3.05) is 5.32 Å². The highest BCUT2D eigenvalue weighted by molar-refractivity contribution is 7.14. The van der Waals surface area contributed by atoms with Crippen LogP contribution in [0.4, 0.5) is 5.13 Å². The highest BCUT2D eigenvalue weighted by Crippen LogP contribution is 2.33. The summed E-state index contributed by atoms with van der Waals surface area (Å²) in [6.07, 6.45) is -1.20. The van der Waals surface area contributed by atoms with Crippen molar-refractivity contribution in [3.05, 3.63) is 103 Å². The van der Waals surface area contributed by atoms with Gasteiger partial charge in [0, 0.05) is 39.0 Å². The minimum atomic E-state index is -1.20. The molecule has 2 heterocycles. The number of anilines is 1. The average molecular weight is 613 g/mol. The highest BCUT2D eigenvalue weighted by Gasteiger charge is 2.27. The normalized spacial score (nSPS) is 11.8. The summed E-state index contributed by atoms with van der Waals surface area (Å²) in [7, 11) is 1.49. The maximum atomic E-state index is 13.5. The molecule has 1 N–H and O–H groups in total. The zero-order chi connectivity index (χ0) is 28.6. The fraction of sp³-hybridized carbons (Fsp3) is 0.103. The van der Waals surface area contributed by atoms with Gasteiger partial charge >= 0.3 is 5.97 Å². The number of halogens is 3. The number of carbonyl (C=O) groups is 2. The molecule has 1 unspecified atom stereocenters. The molecule has 5 aromatic rings. The standard InChI is InChI=1S/C29H20Cl3N3O4S/c1-15(26(36)34-29-33-23(14-40-29)21-12-11-18(31)13-22(21)32)39-28(38)25-24(16-7-9-17(30)10-8-16)19-5-3-4-6-20(19)27(37)35(25)2/h3-15H,1-2H3,(H,33,34,36). The number of benzene rings is 3. The smallest absolute Gasteiger partial charge is 0.356 e. The Labute approximate surface area is 247 Å². The van der Waals surface area contributed by atoms with Crippen LogP contribution in [0, 0.1) is 0 Å². The minimum Gasteiger partial charge on any atom is -0.448 e. The number of hydrogen-bond acceptors (Lipinski definition) is 6. The molecule has 2 aromatic heterocycles. The maximum absolute atomic E-state index is 13.5. The van der Waals surface area contributed by atoms with Crippen LogP contribution in [0.2, 0.25) is 15.1 Å². The summed E-state index contributed by atoms with van der Waals surface area (Å²) in [5.74, 6) is -1.42. The Kier molecular flexibility index (Phi) is 7.96. The molecule has 0 saturated heterocycles. The summed E-state index contributed by atoms with van der Waals surface area (Å²) in [6.45, 7) is 1.44. The molecule has 0 aliphatic carbocycles. The number of carbonyl (C=O) groups excluding carboxylic acids is 2. The fourth-order valence-electron chi connectivity index (χ4n) is 4.24. The quantitative estimate of drug-likeness (QED) is 0.201. The van der Waals surface area contributed by atoms with Gasteiger partial charge in [-0.1, -0.05) is 65.1 Å². The van der Waals surface area contributed by atoms with E-state index in [1.807, 2.05) is 0 Å². The van der Waals surface area contributed by atoms with Crippen molar-refractivity contribution in [1.82, 2.24) is 9.55 Å². The number of rotatable bonds is 6. The molecule has 0 fully saturated rings. The average Bonchev–Trinajstić information content (AvgIpc) is 3.39. The van der Waals surface area contributed by atoms with Crippen molar-refractivity contribution in [2.24, 2.45) is 7.05 Å². The van der Waals surface area contributed by atoms with Gasteiger partial charge in [0.2, 0.25) is 0 Å². The molecule has 0 aliphatic rings. The Morgan fingerprint density at radius 2 is 1.65 bits per heavy atom. The fourth-order valence-corrected chi connectivity index (χ4v) is 5.59. The van der Waals surface area contributed by atoms with Gasteiger partial charge in [-0.2, -0.15) is 0 Å². The topological polar surface area (TPSA) is 90.3 Å². The van der Waals surface area contributed by atoms with Crippen LogP contribution < -0.4 is 10.9 Å². The van der Waals surface area contributed by atoms with Gasteiger partial charge in [0.15, 0.2) is 11.2 Å². The van der Waals surface area contributed by atoms with Crippen molar-refractivity contribution in [2.45, 2.75) is 13.0 Å². The number of ether oxygens (including phenoxy) is 1. The van der Waals surface area contributed by atoms with Crippen molar-refractivity contribution in [3.63, 3.8) is 0 Å². The van der Waals surface area contributed by atoms with E-state index in [-0.39, 0.29) is 11.3 Å². The van der Waals surface area contributed by atoms with Crippen LogP contribution in [0.25, 0.3) is 33.2 Å². The van der Waals surface area contributed by atoms with Gasteiger partial charge in [-0.3, -0.25) is 14.9 Å². The summed E-state index contributed by atoms with van der Waals surface area (Å²) in [4.78, 5) is 44.0.